The van der Waals surface area contributed by atoms with Crippen molar-refractivity contribution in [2.75, 3.05) is 0 Å². The number of aromatic hydroxyl groups is 1. The molecule has 0 saturated heterocycles. The molecule has 0 bridgehead atoms. The van der Waals surface area contributed by atoms with Gasteiger partial charge in [0.25, 0.3) is 0 Å². The molecule has 0 aliphatic rings. The summed E-state index contributed by atoms with van der Waals surface area (Å²) in [6.45, 7) is 2.93. The van der Waals surface area contributed by atoms with Crippen molar-refractivity contribution in [3.63, 3.8) is 0 Å². The summed E-state index contributed by atoms with van der Waals surface area (Å²) < 4.78 is 1.84. The van der Waals surface area contributed by atoms with Gasteiger partial charge in [-0.25, -0.2) is 4.68 Å². The number of phenolic OH excluding ortho intramolecular Hbond substituents is 1. The van der Waals surface area contributed by atoms with Crippen molar-refractivity contribution in [1.82, 2.24) is 15.0 Å². The van der Waals surface area contributed by atoms with Crippen LogP contribution in [0, 0.1) is 0 Å². The fourth-order valence-electron chi connectivity index (χ4n) is 1.52. The molecule has 2 rings (SSSR count). The zero-order valence-corrected chi connectivity index (χ0v) is 8.59. The van der Waals surface area contributed by atoms with Crippen LogP contribution in [-0.2, 0) is 6.54 Å². The van der Waals surface area contributed by atoms with E-state index in [2.05, 4.69) is 17.2 Å². The van der Waals surface area contributed by atoms with Crippen molar-refractivity contribution in [2.45, 2.75) is 19.9 Å². The Morgan fingerprint density at radius 3 is 3.00 bits per heavy atom. The number of rotatable bonds is 3. The lowest BCUT2D eigenvalue weighted by Gasteiger charge is -2.04. The standard InChI is InChI=1S/C11H13N3O/c1-2-6-14-11(8-12-13-14)9-4-3-5-10(15)7-9/h3-5,7-8,15H,2,6H2,1H3. The second-order valence-corrected chi connectivity index (χ2v) is 3.39. The summed E-state index contributed by atoms with van der Waals surface area (Å²) in [6, 6.07) is 7.11. The lowest BCUT2D eigenvalue weighted by atomic mass is 10.1. The van der Waals surface area contributed by atoms with Crippen molar-refractivity contribution in [3.05, 3.63) is 30.5 Å². The molecular formula is C11H13N3O. The van der Waals surface area contributed by atoms with E-state index in [0.717, 1.165) is 24.2 Å². The van der Waals surface area contributed by atoms with Crippen LogP contribution in [0.15, 0.2) is 30.5 Å². The van der Waals surface area contributed by atoms with Gasteiger partial charge >= 0.3 is 0 Å². The Balaban J connectivity index is 2.40. The summed E-state index contributed by atoms with van der Waals surface area (Å²) in [4.78, 5) is 0. The van der Waals surface area contributed by atoms with Gasteiger partial charge in [-0.05, 0) is 18.6 Å². The van der Waals surface area contributed by atoms with E-state index in [1.165, 1.54) is 0 Å². The molecule has 1 aromatic carbocycles. The van der Waals surface area contributed by atoms with Crippen molar-refractivity contribution < 1.29 is 5.11 Å². The third kappa shape index (κ3) is 1.98. The highest BCUT2D eigenvalue weighted by Gasteiger charge is 2.05. The zero-order valence-electron chi connectivity index (χ0n) is 8.59. The number of phenols is 1. The Kier molecular flexibility index (Phi) is 2.67. The van der Waals surface area contributed by atoms with Crippen LogP contribution in [0.1, 0.15) is 13.3 Å². The van der Waals surface area contributed by atoms with Crippen molar-refractivity contribution in [1.29, 1.82) is 0 Å². The Morgan fingerprint density at radius 2 is 2.27 bits per heavy atom. The normalized spacial score (nSPS) is 10.5. The van der Waals surface area contributed by atoms with Gasteiger partial charge in [0, 0.05) is 12.1 Å². The van der Waals surface area contributed by atoms with Gasteiger partial charge in [0.15, 0.2) is 0 Å². The van der Waals surface area contributed by atoms with Gasteiger partial charge < -0.3 is 5.11 Å². The minimum Gasteiger partial charge on any atom is -0.508 e. The number of aryl methyl sites for hydroxylation is 1. The maximum Gasteiger partial charge on any atom is 0.116 e. The van der Waals surface area contributed by atoms with E-state index in [-0.39, 0.29) is 5.75 Å². The van der Waals surface area contributed by atoms with Gasteiger partial charge in [-0.1, -0.05) is 24.3 Å². The molecule has 4 heteroatoms. The van der Waals surface area contributed by atoms with Crippen LogP contribution >= 0.6 is 0 Å². The average Bonchev–Trinajstić information content (AvgIpc) is 2.66. The van der Waals surface area contributed by atoms with Gasteiger partial charge in [0.05, 0.1) is 11.9 Å². The van der Waals surface area contributed by atoms with E-state index < -0.39 is 0 Å². The highest BCUT2D eigenvalue weighted by Crippen LogP contribution is 2.22. The first-order valence-corrected chi connectivity index (χ1v) is 4.99. The second-order valence-electron chi connectivity index (χ2n) is 3.39. The first-order chi connectivity index (χ1) is 7.31. The third-order valence-electron chi connectivity index (χ3n) is 2.20. The maximum atomic E-state index is 9.38. The fraction of sp³-hybridized carbons (Fsp3) is 0.273. The largest absolute Gasteiger partial charge is 0.508 e. The first-order valence-electron chi connectivity index (χ1n) is 4.99. The fourth-order valence-corrected chi connectivity index (χ4v) is 1.52. The molecule has 0 aliphatic carbocycles. The van der Waals surface area contributed by atoms with Gasteiger partial charge in [-0.2, -0.15) is 0 Å². The first kappa shape index (κ1) is 9.71. The molecule has 15 heavy (non-hydrogen) atoms. The smallest absolute Gasteiger partial charge is 0.116 e. The van der Waals surface area contributed by atoms with E-state index >= 15 is 0 Å². The number of nitrogens with zero attached hydrogens (tertiary/aromatic N) is 3. The Labute approximate surface area is 88.2 Å². The monoisotopic (exact) mass is 203 g/mol. The van der Waals surface area contributed by atoms with Crippen molar-refractivity contribution >= 4 is 0 Å². The third-order valence-corrected chi connectivity index (χ3v) is 2.20. The average molecular weight is 203 g/mol. The summed E-state index contributed by atoms with van der Waals surface area (Å²) >= 11 is 0. The number of hydrogen-bond acceptors (Lipinski definition) is 3. The van der Waals surface area contributed by atoms with E-state index in [0.29, 0.717) is 0 Å². The molecule has 0 radical (unpaired) electrons. The number of benzene rings is 1. The predicted molar refractivity (Wildman–Crippen MR) is 57.4 cm³/mol. The van der Waals surface area contributed by atoms with Crippen LogP contribution in [0.3, 0.4) is 0 Å². The zero-order chi connectivity index (χ0) is 10.7. The molecule has 78 valence electrons. The minimum atomic E-state index is 0.261. The Hall–Kier alpha value is -1.84. The Morgan fingerprint density at radius 1 is 1.40 bits per heavy atom. The highest BCUT2D eigenvalue weighted by atomic mass is 16.3. The molecule has 1 heterocycles. The van der Waals surface area contributed by atoms with E-state index in [9.17, 15) is 5.11 Å². The van der Waals surface area contributed by atoms with E-state index in [4.69, 9.17) is 0 Å². The summed E-state index contributed by atoms with van der Waals surface area (Å²) in [6.07, 6.45) is 2.72. The molecule has 2 aromatic rings. The molecule has 0 fully saturated rings. The minimum absolute atomic E-state index is 0.261. The van der Waals surface area contributed by atoms with Crippen molar-refractivity contribution in [3.8, 4) is 17.0 Å². The summed E-state index contributed by atoms with van der Waals surface area (Å²) in [5.74, 6) is 0.261. The van der Waals surface area contributed by atoms with Crippen molar-refractivity contribution in [2.24, 2.45) is 0 Å². The van der Waals surface area contributed by atoms with Crippen LogP contribution in [-0.4, -0.2) is 20.1 Å². The van der Waals surface area contributed by atoms with Gasteiger partial charge in [-0.3, -0.25) is 0 Å². The lowest BCUT2D eigenvalue weighted by molar-refractivity contribution is 0.475. The number of hydrogen-bond donors (Lipinski definition) is 1. The topological polar surface area (TPSA) is 50.9 Å². The second kappa shape index (κ2) is 4.13. The van der Waals surface area contributed by atoms with Crippen LogP contribution in [0.5, 0.6) is 5.75 Å². The maximum absolute atomic E-state index is 9.38. The summed E-state index contributed by atoms with van der Waals surface area (Å²) in [7, 11) is 0. The van der Waals surface area contributed by atoms with Crippen LogP contribution in [0.2, 0.25) is 0 Å². The summed E-state index contributed by atoms with van der Waals surface area (Å²) in [5.41, 5.74) is 1.88. The van der Waals surface area contributed by atoms with Gasteiger partial charge in [0.1, 0.15) is 5.75 Å². The quantitative estimate of drug-likeness (QED) is 0.830. The van der Waals surface area contributed by atoms with Crippen LogP contribution in [0.4, 0.5) is 0 Å². The molecule has 0 unspecified atom stereocenters. The lowest BCUT2D eigenvalue weighted by Crippen LogP contribution is -2.01. The molecule has 0 spiro atoms. The SMILES string of the molecule is CCCn1nncc1-c1cccc(O)c1. The van der Waals surface area contributed by atoms with Crippen LogP contribution in [0.25, 0.3) is 11.3 Å². The highest BCUT2D eigenvalue weighted by molar-refractivity contribution is 5.60. The van der Waals surface area contributed by atoms with Gasteiger partial charge in [0.2, 0.25) is 0 Å². The molecule has 1 N–H and O–H groups in total. The molecule has 0 saturated carbocycles. The molecule has 4 nitrogen and oxygen atoms in total. The molecule has 0 amide bonds. The Bertz CT molecular complexity index is 451. The van der Waals surface area contributed by atoms with Crippen LogP contribution < -0.4 is 0 Å². The van der Waals surface area contributed by atoms with E-state index in [1.54, 1.807) is 18.3 Å². The summed E-state index contributed by atoms with van der Waals surface area (Å²) in [5, 5.41) is 17.3. The molecule has 1 aromatic heterocycles. The van der Waals surface area contributed by atoms with Gasteiger partial charge in [-0.15, -0.1) is 5.10 Å². The molecule has 0 aliphatic heterocycles. The predicted octanol–water partition coefficient (Wildman–Crippen LogP) is 2.06. The number of aromatic nitrogens is 3. The van der Waals surface area contributed by atoms with E-state index in [1.807, 2.05) is 16.8 Å². The molecular weight excluding hydrogens is 190 g/mol. The molecule has 0 atom stereocenters.